The second-order valence-corrected chi connectivity index (χ2v) is 9.23. The van der Waals surface area contributed by atoms with Crippen LogP contribution in [0, 0.1) is 5.82 Å². The molecule has 12 heteroatoms. The summed E-state index contributed by atoms with van der Waals surface area (Å²) in [5, 5.41) is 12.2. The van der Waals surface area contributed by atoms with E-state index >= 15 is 4.39 Å². The minimum absolute atomic E-state index is 0.0540. The van der Waals surface area contributed by atoms with Crippen LogP contribution in [0.5, 0.6) is 11.5 Å². The Kier molecular flexibility index (Phi) is 7.80. The summed E-state index contributed by atoms with van der Waals surface area (Å²) < 4.78 is 41.9. The number of rotatable bonds is 9. The van der Waals surface area contributed by atoms with Gasteiger partial charge in [0.25, 0.3) is 0 Å². The van der Waals surface area contributed by atoms with E-state index in [2.05, 4.69) is 15.5 Å². The molecular formula is C27H27ClFN5O5. The molecule has 4 aromatic rings. The molecule has 2 atom stereocenters. The first-order chi connectivity index (χ1) is 18.9. The highest BCUT2D eigenvalue weighted by Gasteiger charge is 2.35. The van der Waals surface area contributed by atoms with E-state index in [1.165, 1.54) is 26.4 Å². The van der Waals surface area contributed by atoms with Gasteiger partial charge in [0.15, 0.2) is 17.3 Å². The molecule has 0 fully saturated rings. The maximum Gasteiger partial charge on any atom is 0.313 e. The van der Waals surface area contributed by atoms with E-state index in [1.807, 2.05) is 29.0 Å². The maximum absolute atomic E-state index is 15.6. The van der Waals surface area contributed by atoms with Crippen molar-refractivity contribution in [2.45, 2.75) is 38.5 Å². The topological polar surface area (TPSA) is 103 Å². The molecule has 2 unspecified atom stereocenters. The maximum atomic E-state index is 15.6. The minimum atomic E-state index is -0.887. The summed E-state index contributed by atoms with van der Waals surface area (Å²) in [6.07, 6.45) is 0.870. The highest BCUT2D eigenvalue weighted by molar-refractivity contribution is 6.30. The van der Waals surface area contributed by atoms with E-state index in [0.717, 1.165) is 11.4 Å². The van der Waals surface area contributed by atoms with Crippen molar-refractivity contribution in [1.82, 2.24) is 24.8 Å². The Hall–Kier alpha value is -3.96. The zero-order chi connectivity index (χ0) is 27.5. The molecule has 39 heavy (non-hydrogen) atoms. The summed E-state index contributed by atoms with van der Waals surface area (Å²) in [6.45, 7) is 2.34. The predicted octanol–water partition coefficient (Wildman–Crippen LogP) is 4.63. The standard InChI is InChI=1S/C27H27ClFN5O5/c1-4-38-24(35)15-23-30-31-32-34(23)13-11-21-20-6-5-12-33(20)19-9-7-16(28)14-17(19)26(39-21)25-18(29)8-10-22(36-2)27(25)37-3/h5-10,12,14,21,26H,4,11,13,15H2,1-3H3. The number of ether oxygens (including phenoxy) is 4. The van der Waals surface area contributed by atoms with Gasteiger partial charge in [-0.05, 0) is 66.2 Å². The molecule has 0 spiro atoms. The third-order valence-electron chi connectivity index (χ3n) is 6.55. The largest absolute Gasteiger partial charge is 0.493 e. The summed E-state index contributed by atoms with van der Waals surface area (Å²) in [5.41, 5.74) is 2.50. The first-order valence-electron chi connectivity index (χ1n) is 12.4. The molecule has 0 aliphatic carbocycles. The van der Waals surface area contributed by atoms with E-state index < -0.39 is 24.0 Å². The number of benzene rings is 2. The number of aryl methyl sites for hydroxylation is 1. The fraction of sp³-hybridized carbons (Fsp3) is 0.333. The summed E-state index contributed by atoms with van der Waals surface area (Å²) in [4.78, 5) is 12.0. The van der Waals surface area contributed by atoms with Gasteiger partial charge in [0, 0.05) is 23.3 Å². The summed E-state index contributed by atoms with van der Waals surface area (Å²) >= 11 is 6.42. The molecule has 0 N–H and O–H groups in total. The van der Waals surface area contributed by atoms with Crippen molar-refractivity contribution in [3.05, 3.63) is 82.1 Å². The van der Waals surface area contributed by atoms with Crippen molar-refractivity contribution in [3.63, 3.8) is 0 Å². The van der Waals surface area contributed by atoms with Gasteiger partial charge in [-0.25, -0.2) is 9.07 Å². The zero-order valence-electron chi connectivity index (χ0n) is 21.6. The first-order valence-corrected chi connectivity index (χ1v) is 12.8. The normalized spacial score (nSPS) is 16.2. The van der Waals surface area contributed by atoms with Gasteiger partial charge in [0.2, 0.25) is 0 Å². The van der Waals surface area contributed by atoms with Crippen LogP contribution >= 0.6 is 11.6 Å². The van der Waals surface area contributed by atoms with Crippen LogP contribution in [0.2, 0.25) is 5.02 Å². The van der Waals surface area contributed by atoms with Gasteiger partial charge < -0.3 is 23.5 Å². The minimum Gasteiger partial charge on any atom is -0.493 e. The Balaban J connectivity index is 1.56. The van der Waals surface area contributed by atoms with Gasteiger partial charge in [-0.15, -0.1) is 5.10 Å². The number of aromatic nitrogens is 5. The molecule has 1 aliphatic rings. The van der Waals surface area contributed by atoms with Crippen LogP contribution in [0.15, 0.2) is 48.7 Å². The Labute approximate surface area is 229 Å². The van der Waals surface area contributed by atoms with Crippen LogP contribution in [0.25, 0.3) is 5.69 Å². The lowest BCUT2D eigenvalue weighted by Crippen LogP contribution is -2.17. The third kappa shape index (κ3) is 5.19. The van der Waals surface area contributed by atoms with Gasteiger partial charge in [-0.1, -0.05) is 11.6 Å². The van der Waals surface area contributed by atoms with Crippen LogP contribution in [-0.2, 0) is 27.2 Å². The second-order valence-electron chi connectivity index (χ2n) is 8.80. The van der Waals surface area contributed by atoms with Gasteiger partial charge in [0.1, 0.15) is 24.4 Å². The summed E-state index contributed by atoms with van der Waals surface area (Å²) in [6, 6.07) is 12.1. The third-order valence-corrected chi connectivity index (χ3v) is 6.79. The highest BCUT2D eigenvalue weighted by atomic mass is 35.5. The van der Waals surface area contributed by atoms with Crippen LogP contribution in [-0.4, -0.2) is 51.6 Å². The lowest BCUT2D eigenvalue weighted by atomic mass is 9.97. The Morgan fingerprint density at radius 2 is 2.03 bits per heavy atom. The molecular weight excluding hydrogens is 529 g/mol. The fourth-order valence-electron chi connectivity index (χ4n) is 4.85. The number of esters is 1. The molecule has 204 valence electrons. The lowest BCUT2D eigenvalue weighted by molar-refractivity contribution is -0.142. The van der Waals surface area contributed by atoms with E-state index in [-0.39, 0.29) is 24.3 Å². The summed E-state index contributed by atoms with van der Waals surface area (Å²) in [5.74, 6) is 0.0616. The number of carbonyl (C=O) groups is 1. The molecule has 0 saturated carbocycles. The van der Waals surface area contributed by atoms with Crippen molar-refractivity contribution >= 4 is 17.6 Å². The number of halogens is 2. The van der Waals surface area contributed by atoms with Crippen molar-refractivity contribution in [2.24, 2.45) is 0 Å². The van der Waals surface area contributed by atoms with E-state index in [1.54, 1.807) is 23.7 Å². The van der Waals surface area contributed by atoms with Crippen molar-refractivity contribution < 1.29 is 28.1 Å². The predicted molar refractivity (Wildman–Crippen MR) is 139 cm³/mol. The average molecular weight is 556 g/mol. The molecule has 0 amide bonds. The molecule has 0 radical (unpaired) electrons. The molecule has 10 nitrogen and oxygen atoms in total. The lowest BCUT2D eigenvalue weighted by Gasteiger charge is -2.26. The number of nitrogens with zero attached hydrogens (tertiary/aromatic N) is 5. The molecule has 2 aromatic carbocycles. The number of fused-ring (bicyclic) bond motifs is 3. The van der Waals surface area contributed by atoms with Gasteiger partial charge >= 0.3 is 5.97 Å². The number of tetrazole rings is 1. The number of hydrogen-bond acceptors (Lipinski definition) is 8. The van der Waals surface area contributed by atoms with Crippen LogP contribution in [0.4, 0.5) is 4.39 Å². The quantitative estimate of drug-likeness (QED) is 0.275. The summed E-state index contributed by atoms with van der Waals surface area (Å²) in [7, 11) is 2.95. The molecule has 1 aliphatic heterocycles. The zero-order valence-corrected chi connectivity index (χ0v) is 22.4. The van der Waals surface area contributed by atoms with Crippen LogP contribution < -0.4 is 9.47 Å². The van der Waals surface area contributed by atoms with Crippen molar-refractivity contribution in [3.8, 4) is 17.2 Å². The Morgan fingerprint density at radius 3 is 2.79 bits per heavy atom. The number of carbonyl (C=O) groups excluding carboxylic acids is 1. The second kappa shape index (κ2) is 11.4. The monoisotopic (exact) mass is 555 g/mol. The first kappa shape index (κ1) is 26.6. The Morgan fingerprint density at radius 1 is 1.18 bits per heavy atom. The molecule has 0 bridgehead atoms. The highest BCUT2D eigenvalue weighted by Crippen LogP contribution is 2.47. The molecule has 2 aromatic heterocycles. The number of hydrogen-bond donors (Lipinski definition) is 0. The SMILES string of the molecule is CCOC(=O)Cc1nnnn1CCC1OC(c2c(F)ccc(OC)c2OC)c2cc(Cl)ccc2-n2cccc21. The van der Waals surface area contributed by atoms with Gasteiger partial charge in [-0.2, -0.15) is 0 Å². The number of methoxy groups -OCH3 is 2. The molecule has 5 rings (SSSR count). The average Bonchev–Trinajstić information content (AvgIpc) is 3.56. The Bertz CT molecular complexity index is 1490. The van der Waals surface area contributed by atoms with Crippen LogP contribution in [0.3, 0.4) is 0 Å². The van der Waals surface area contributed by atoms with Crippen molar-refractivity contribution in [1.29, 1.82) is 0 Å². The van der Waals surface area contributed by atoms with Gasteiger partial charge in [-0.3, -0.25) is 4.79 Å². The van der Waals surface area contributed by atoms with Crippen LogP contribution in [0.1, 0.15) is 48.2 Å². The smallest absolute Gasteiger partial charge is 0.313 e. The van der Waals surface area contributed by atoms with Gasteiger partial charge in [0.05, 0.1) is 37.8 Å². The van der Waals surface area contributed by atoms with E-state index in [4.69, 9.17) is 30.5 Å². The molecule has 0 saturated heterocycles. The fourth-order valence-corrected chi connectivity index (χ4v) is 5.03. The van der Waals surface area contributed by atoms with Crippen molar-refractivity contribution in [2.75, 3.05) is 20.8 Å². The van der Waals surface area contributed by atoms with E-state index in [0.29, 0.717) is 35.1 Å². The molecule has 3 heterocycles. The van der Waals surface area contributed by atoms with E-state index in [9.17, 15) is 4.79 Å².